The van der Waals surface area contributed by atoms with Crippen LogP contribution in [0.25, 0.3) is 10.9 Å². The van der Waals surface area contributed by atoms with Crippen LogP contribution in [0.5, 0.6) is 0 Å². The van der Waals surface area contributed by atoms with E-state index in [9.17, 15) is 19.2 Å². The maximum atomic E-state index is 13.6. The molecule has 0 radical (unpaired) electrons. The van der Waals surface area contributed by atoms with Gasteiger partial charge >= 0.3 is 6.09 Å². The number of alkyl halides is 3. The lowest BCUT2D eigenvalue weighted by Gasteiger charge is -2.29. The van der Waals surface area contributed by atoms with Gasteiger partial charge in [-0.2, -0.15) is 0 Å². The van der Waals surface area contributed by atoms with E-state index in [0.29, 0.717) is 10.9 Å². The van der Waals surface area contributed by atoms with E-state index in [1.165, 1.54) is 28.8 Å². The van der Waals surface area contributed by atoms with Crippen molar-refractivity contribution < 1.29 is 23.9 Å². The molecule has 0 bridgehead atoms. The van der Waals surface area contributed by atoms with Gasteiger partial charge in [-0.1, -0.05) is 53.0 Å². The summed E-state index contributed by atoms with van der Waals surface area (Å²) in [6, 6.07) is 8.56. The summed E-state index contributed by atoms with van der Waals surface area (Å²) in [6.07, 6.45) is 1.93. The van der Waals surface area contributed by atoms with E-state index in [-0.39, 0.29) is 29.0 Å². The number of Topliss-reactive ketones (excluding diaryl/α,β-unsaturated/α-hetero) is 3. The van der Waals surface area contributed by atoms with Crippen molar-refractivity contribution in [1.29, 1.82) is 0 Å². The predicted molar refractivity (Wildman–Crippen MR) is 136 cm³/mol. The van der Waals surface area contributed by atoms with Crippen molar-refractivity contribution in [2.45, 2.75) is 43.5 Å². The Morgan fingerprint density at radius 1 is 1.00 bits per heavy atom. The van der Waals surface area contributed by atoms with Crippen LogP contribution in [0, 0.1) is 5.92 Å². The van der Waals surface area contributed by atoms with E-state index in [1.807, 2.05) is 0 Å². The number of fused-ring (bicyclic) bond motifs is 1. The Bertz CT molecular complexity index is 1280. The van der Waals surface area contributed by atoms with Gasteiger partial charge in [-0.05, 0) is 39.8 Å². The van der Waals surface area contributed by atoms with Crippen molar-refractivity contribution >= 4 is 69.1 Å². The molecule has 1 atom stereocenters. The molecular weight excluding hydrogens is 515 g/mol. The Kier molecular flexibility index (Phi) is 7.56. The number of aromatic nitrogens is 1. The van der Waals surface area contributed by atoms with E-state index in [0.717, 1.165) is 0 Å². The van der Waals surface area contributed by atoms with Crippen LogP contribution < -0.4 is 0 Å². The monoisotopic (exact) mass is 538 g/mol. The first-order valence-corrected chi connectivity index (χ1v) is 11.9. The highest BCUT2D eigenvalue weighted by molar-refractivity contribution is 6.77. The van der Waals surface area contributed by atoms with Gasteiger partial charge in [0, 0.05) is 48.3 Å². The van der Waals surface area contributed by atoms with Crippen LogP contribution in [0.3, 0.4) is 0 Å². The highest BCUT2D eigenvalue weighted by Crippen LogP contribution is 2.38. The summed E-state index contributed by atoms with van der Waals surface area (Å²) in [5.74, 6) is -2.64. The molecule has 10 heteroatoms. The second-order valence-corrected chi connectivity index (χ2v) is 11.6. The summed E-state index contributed by atoms with van der Waals surface area (Å²) in [7, 11) is 1.62. The number of benzene rings is 1. The van der Waals surface area contributed by atoms with Crippen molar-refractivity contribution in [3.63, 3.8) is 0 Å². The average Bonchev–Trinajstić information content (AvgIpc) is 3.12. The third-order valence-corrected chi connectivity index (χ3v) is 5.84. The fourth-order valence-corrected chi connectivity index (χ4v) is 4.24. The van der Waals surface area contributed by atoms with Gasteiger partial charge in [-0.25, -0.2) is 9.36 Å². The highest BCUT2D eigenvalue weighted by Gasteiger charge is 2.41. The van der Waals surface area contributed by atoms with Crippen molar-refractivity contribution in [1.82, 2.24) is 9.47 Å². The number of nitrogens with zero attached hydrogens (tertiary/aromatic N) is 2. The van der Waals surface area contributed by atoms with Crippen molar-refractivity contribution in [3.8, 4) is 0 Å². The summed E-state index contributed by atoms with van der Waals surface area (Å²) in [5, 5.41) is 0.653. The molecule has 2 aromatic rings. The molecule has 1 aliphatic heterocycles. The normalized spacial score (nSPS) is 16.6. The van der Waals surface area contributed by atoms with Gasteiger partial charge in [-0.3, -0.25) is 14.4 Å². The SMILES string of the molecule is CC(=O)C1=CN(C)C=C(C(=O)C(Cl)(Cl)Cl)C1CC(=O)c1cc2ccccc2n1C(=O)OC(C)(C)C. The largest absolute Gasteiger partial charge is 0.443 e. The topological polar surface area (TPSA) is 85.7 Å². The molecule has 3 rings (SSSR count). The van der Waals surface area contributed by atoms with E-state index < -0.39 is 33.0 Å². The van der Waals surface area contributed by atoms with E-state index >= 15 is 0 Å². The molecule has 0 fully saturated rings. The molecule has 1 aliphatic rings. The van der Waals surface area contributed by atoms with Crippen molar-refractivity contribution in [2.24, 2.45) is 5.92 Å². The lowest BCUT2D eigenvalue weighted by atomic mass is 9.81. The van der Waals surface area contributed by atoms with Crippen LogP contribution in [0.1, 0.15) is 44.6 Å². The number of ketones is 3. The lowest BCUT2D eigenvalue weighted by Crippen LogP contribution is -2.33. The summed E-state index contributed by atoms with van der Waals surface area (Å²) >= 11 is 17.6. The molecule has 0 saturated carbocycles. The van der Waals surface area contributed by atoms with Gasteiger partial charge in [-0.15, -0.1) is 0 Å². The third-order valence-electron chi connectivity index (χ3n) is 5.32. The summed E-state index contributed by atoms with van der Waals surface area (Å²) in [4.78, 5) is 53.5. The number of carbonyl (C=O) groups excluding carboxylic acids is 4. The minimum absolute atomic E-state index is 0.00785. The van der Waals surface area contributed by atoms with Crippen LogP contribution in [0.15, 0.2) is 53.9 Å². The van der Waals surface area contributed by atoms with Crippen LogP contribution in [-0.2, 0) is 14.3 Å². The second kappa shape index (κ2) is 9.80. The molecule has 186 valence electrons. The molecule has 2 heterocycles. The smallest absolute Gasteiger partial charge is 0.419 e. The van der Waals surface area contributed by atoms with Crippen molar-refractivity contribution in [3.05, 3.63) is 59.6 Å². The Balaban J connectivity index is 2.09. The first kappa shape index (κ1) is 27.0. The van der Waals surface area contributed by atoms with Crippen LogP contribution >= 0.6 is 34.8 Å². The Morgan fingerprint density at radius 3 is 2.17 bits per heavy atom. The minimum atomic E-state index is -2.28. The third kappa shape index (κ3) is 5.97. The number of halogens is 3. The Hall–Kier alpha value is -2.61. The number of carbonyl (C=O) groups is 4. The molecule has 0 N–H and O–H groups in total. The number of para-hydroxylation sites is 1. The van der Waals surface area contributed by atoms with Crippen LogP contribution in [0.4, 0.5) is 4.79 Å². The second-order valence-electron chi connectivity index (χ2n) is 9.30. The van der Waals surface area contributed by atoms with Crippen LogP contribution in [0.2, 0.25) is 0 Å². The first-order valence-electron chi connectivity index (χ1n) is 10.7. The van der Waals surface area contributed by atoms with Gasteiger partial charge in [0.15, 0.2) is 11.6 Å². The number of rotatable bonds is 5. The molecular formula is C25H25Cl3N2O5. The molecule has 0 spiro atoms. The lowest BCUT2D eigenvalue weighted by molar-refractivity contribution is -0.115. The summed E-state index contributed by atoms with van der Waals surface area (Å²) in [6.45, 7) is 6.50. The number of hydrogen-bond acceptors (Lipinski definition) is 6. The molecule has 0 saturated heterocycles. The zero-order chi connectivity index (χ0) is 26.3. The molecule has 7 nitrogen and oxygen atoms in total. The zero-order valence-electron chi connectivity index (χ0n) is 19.9. The molecule has 0 amide bonds. The molecule has 1 aromatic carbocycles. The number of ether oxygens (including phenoxy) is 1. The summed E-state index contributed by atoms with van der Waals surface area (Å²) in [5.41, 5.74) is -0.0326. The quantitative estimate of drug-likeness (QED) is 0.350. The maximum Gasteiger partial charge on any atom is 0.419 e. The fourth-order valence-electron chi connectivity index (χ4n) is 3.91. The van der Waals surface area contributed by atoms with Gasteiger partial charge in [0.05, 0.1) is 11.2 Å². The van der Waals surface area contributed by atoms with Crippen LogP contribution in [-0.4, -0.2) is 49.4 Å². The average molecular weight is 540 g/mol. The van der Waals surface area contributed by atoms with E-state index in [1.54, 1.807) is 58.2 Å². The zero-order valence-corrected chi connectivity index (χ0v) is 22.2. The van der Waals surface area contributed by atoms with Gasteiger partial charge in [0.1, 0.15) is 5.60 Å². The van der Waals surface area contributed by atoms with E-state index in [2.05, 4.69) is 0 Å². The molecule has 1 unspecified atom stereocenters. The Morgan fingerprint density at radius 2 is 1.60 bits per heavy atom. The predicted octanol–water partition coefficient (Wildman–Crippen LogP) is 5.86. The minimum Gasteiger partial charge on any atom is -0.443 e. The first-order chi connectivity index (χ1) is 16.1. The van der Waals surface area contributed by atoms with Gasteiger partial charge in [0.2, 0.25) is 5.78 Å². The summed E-state index contributed by atoms with van der Waals surface area (Å²) < 4.78 is 4.45. The Labute approximate surface area is 218 Å². The molecule has 35 heavy (non-hydrogen) atoms. The van der Waals surface area contributed by atoms with Gasteiger partial charge < -0.3 is 9.64 Å². The number of allylic oxidation sites excluding steroid dienone is 2. The highest BCUT2D eigenvalue weighted by atomic mass is 35.6. The van der Waals surface area contributed by atoms with Gasteiger partial charge in [0.25, 0.3) is 3.79 Å². The standard InChI is InChI=1S/C25H25Cl3N2O5/c1-14(31)17-12-29(5)13-18(22(33)25(26,27)28)16(17)11-21(32)20-10-15-8-6-7-9-19(15)30(20)23(34)35-24(2,3)4/h6-10,12-13,16H,11H2,1-5H3. The van der Waals surface area contributed by atoms with E-state index in [4.69, 9.17) is 39.5 Å². The molecule has 0 aliphatic carbocycles. The number of hydrogen-bond donors (Lipinski definition) is 0. The molecule has 1 aromatic heterocycles. The maximum absolute atomic E-state index is 13.6. The fraction of sp³-hybridized carbons (Fsp3) is 0.360. The van der Waals surface area contributed by atoms with Crippen molar-refractivity contribution in [2.75, 3.05) is 7.05 Å².